The van der Waals surface area contributed by atoms with Crippen molar-refractivity contribution in [2.45, 2.75) is 71.1 Å². The van der Waals surface area contributed by atoms with Gasteiger partial charge in [-0.15, -0.1) is 0 Å². The van der Waals surface area contributed by atoms with Crippen LogP contribution in [0.3, 0.4) is 0 Å². The first-order valence-corrected chi connectivity index (χ1v) is 8.43. The number of carboxylic acid groups (broad SMARTS) is 1. The van der Waals surface area contributed by atoms with Crippen LogP contribution in [0.2, 0.25) is 0 Å². The summed E-state index contributed by atoms with van der Waals surface area (Å²) < 4.78 is 0. The van der Waals surface area contributed by atoms with Gasteiger partial charge in [0.2, 0.25) is 5.70 Å². The van der Waals surface area contributed by atoms with Crippen LogP contribution in [0.5, 0.6) is 0 Å². The number of carbonyl (C=O) groups is 1. The van der Waals surface area contributed by atoms with Gasteiger partial charge < -0.3 is 5.11 Å². The summed E-state index contributed by atoms with van der Waals surface area (Å²) in [4.78, 5) is 21.0. The zero-order chi connectivity index (χ0) is 17.3. The van der Waals surface area contributed by atoms with Gasteiger partial charge in [-0.1, -0.05) is 44.1 Å². The topological polar surface area (TPSA) is 80.4 Å². The van der Waals surface area contributed by atoms with Gasteiger partial charge in [-0.2, -0.15) is 0 Å². The highest BCUT2D eigenvalue weighted by molar-refractivity contribution is 5.66. The molecule has 0 aliphatic heterocycles. The van der Waals surface area contributed by atoms with E-state index in [1.54, 1.807) is 12.2 Å². The molecule has 5 heteroatoms. The second kappa shape index (κ2) is 15.0. The molecule has 0 unspecified atom stereocenters. The average Bonchev–Trinajstić information content (AvgIpc) is 2.50. The van der Waals surface area contributed by atoms with Crippen molar-refractivity contribution >= 4 is 5.97 Å². The molecule has 0 radical (unpaired) electrons. The zero-order valence-corrected chi connectivity index (χ0v) is 14.1. The van der Waals surface area contributed by atoms with Gasteiger partial charge >= 0.3 is 5.97 Å². The number of unbranched alkanes of at least 4 members (excludes halogenated alkanes) is 5. The summed E-state index contributed by atoms with van der Waals surface area (Å²) in [6.45, 7) is 2.16. The molecule has 0 saturated carbocycles. The van der Waals surface area contributed by atoms with E-state index in [1.807, 2.05) is 12.2 Å². The molecule has 130 valence electrons. The fourth-order valence-electron chi connectivity index (χ4n) is 2.02. The predicted molar refractivity (Wildman–Crippen MR) is 92.8 cm³/mol. The number of carboxylic acids is 1. The molecule has 0 fully saturated rings. The predicted octanol–water partition coefficient (Wildman–Crippen LogP) is 5.26. The summed E-state index contributed by atoms with van der Waals surface area (Å²) in [5, 5.41) is 19.5. The number of hydrogen-bond donors (Lipinski definition) is 1. The third kappa shape index (κ3) is 14.8. The van der Waals surface area contributed by atoms with Crippen LogP contribution in [-0.2, 0) is 4.79 Å². The molecule has 0 saturated heterocycles. The van der Waals surface area contributed by atoms with Crippen molar-refractivity contribution in [3.63, 3.8) is 0 Å². The molecular weight excluding hydrogens is 294 g/mol. The van der Waals surface area contributed by atoms with E-state index in [4.69, 9.17) is 5.11 Å². The Labute approximate surface area is 138 Å². The monoisotopic (exact) mass is 323 g/mol. The quantitative estimate of drug-likeness (QED) is 0.204. The van der Waals surface area contributed by atoms with Crippen LogP contribution in [0.1, 0.15) is 71.1 Å². The molecule has 0 rings (SSSR count). The number of nitrogens with zero attached hydrogens (tertiary/aromatic N) is 1. The Balaban J connectivity index is 3.99. The molecule has 0 aliphatic carbocycles. The highest BCUT2D eigenvalue weighted by atomic mass is 16.6. The van der Waals surface area contributed by atoms with Crippen LogP contribution >= 0.6 is 0 Å². The zero-order valence-electron chi connectivity index (χ0n) is 14.1. The SMILES string of the molecule is CCCCCC=CCC=C(C/C=C\CCCCC(=O)O)[N+](=O)[O-]. The Kier molecular flexibility index (Phi) is 13.8. The average molecular weight is 323 g/mol. The van der Waals surface area contributed by atoms with Gasteiger partial charge in [-0.05, 0) is 44.6 Å². The van der Waals surface area contributed by atoms with Gasteiger partial charge in [0.25, 0.3) is 0 Å². The summed E-state index contributed by atoms with van der Waals surface area (Å²) in [6, 6.07) is 0. The molecule has 0 aromatic heterocycles. The molecular formula is C18H29NO4. The molecule has 1 N–H and O–H groups in total. The maximum Gasteiger partial charge on any atom is 0.303 e. The third-order valence-electron chi connectivity index (χ3n) is 3.37. The highest BCUT2D eigenvalue weighted by Crippen LogP contribution is 2.08. The van der Waals surface area contributed by atoms with Crippen molar-refractivity contribution in [1.82, 2.24) is 0 Å². The minimum absolute atomic E-state index is 0.179. The Bertz CT molecular complexity index is 425. The maximum atomic E-state index is 11.0. The maximum absolute atomic E-state index is 11.0. The van der Waals surface area contributed by atoms with E-state index < -0.39 is 5.97 Å². The van der Waals surface area contributed by atoms with E-state index in [2.05, 4.69) is 13.0 Å². The highest BCUT2D eigenvalue weighted by Gasteiger charge is 2.06. The lowest BCUT2D eigenvalue weighted by Crippen LogP contribution is -1.97. The normalized spacial score (nSPS) is 12.3. The van der Waals surface area contributed by atoms with Crippen molar-refractivity contribution in [3.05, 3.63) is 46.2 Å². The van der Waals surface area contributed by atoms with Crippen LogP contribution in [0.15, 0.2) is 36.1 Å². The molecule has 0 aliphatic rings. The molecule has 0 amide bonds. The minimum Gasteiger partial charge on any atom is -0.481 e. The van der Waals surface area contributed by atoms with E-state index >= 15 is 0 Å². The first-order valence-electron chi connectivity index (χ1n) is 8.43. The molecule has 0 atom stereocenters. The minimum atomic E-state index is -0.782. The van der Waals surface area contributed by atoms with Crippen molar-refractivity contribution in [2.24, 2.45) is 0 Å². The second-order valence-electron chi connectivity index (χ2n) is 5.47. The Morgan fingerprint density at radius 2 is 1.70 bits per heavy atom. The molecule has 5 nitrogen and oxygen atoms in total. The van der Waals surface area contributed by atoms with Crippen LogP contribution in [0.25, 0.3) is 0 Å². The fourth-order valence-corrected chi connectivity index (χ4v) is 2.02. The fraction of sp³-hybridized carbons (Fsp3) is 0.611. The van der Waals surface area contributed by atoms with Crippen LogP contribution in [0.4, 0.5) is 0 Å². The van der Waals surface area contributed by atoms with Crippen LogP contribution in [0, 0.1) is 10.1 Å². The Hall–Kier alpha value is -1.91. The summed E-state index contributed by atoms with van der Waals surface area (Å²) in [6.07, 6.45) is 17.3. The summed E-state index contributed by atoms with van der Waals surface area (Å²) in [7, 11) is 0. The number of rotatable bonds is 14. The second-order valence-corrected chi connectivity index (χ2v) is 5.47. The first-order chi connectivity index (χ1) is 11.1. The van der Waals surface area contributed by atoms with Crippen LogP contribution < -0.4 is 0 Å². The summed E-state index contributed by atoms with van der Waals surface area (Å²) in [5.74, 6) is -0.782. The van der Waals surface area contributed by atoms with Crippen molar-refractivity contribution in [3.8, 4) is 0 Å². The molecule has 0 spiro atoms. The molecule has 0 bridgehead atoms. The van der Waals surface area contributed by atoms with Crippen molar-refractivity contribution in [2.75, 3.05) is 0 Å². The summed E-state index contributed by atoms with van der Waals surface area (Å²) in [5.41, 5.74) is 0.213. The van der Waals surface area contributed by atoms with Gasteiger partial charge in [-0.3, -0.25) is 14.9 Å². The molecule has 23 heavy (non-hydrogen) atoms. The van der Waals surface area contributed by atoms with Gasteiger partial charge in [0.15, 0.2) is 0 Å². The van der Waals surface area contributed by atoms with Crippen molar-refractivity contribution < 1.29 is 14.8 Å². The molecule has 0 aromatic rings. The smallest absolute Gasteiger partial charge is 0.303 e. The Morgan fingerprint density at radius 1 is 1.04 bits per heavy atom. The van der Waals surface area contributed by atoms with E-state index in [-0.39, 0.29) is 17.0 Å². The summed E-state index contributed by atoms with van der Waals surface area (Å²) >= 11 is 0. The van der Waals surface area contributed by atoms with Crippen LogP contribution in [-0.4, -0.2) is 16.0 Å². The van der Waals surface area contributed by atoms with E-state index in [0.717, 1.165) is 19.3 Å². The lowest BCUT2D eigenvalue weighted by atomic mass is 10.1. The lowest BCUT2D eigenvalue weighted by molar-refractivity contribution is -0.427. The largest absolute Gasteiger partial charge is 0.481 e. The van der Waals surface area contributed by atoms with Gasteiger partial charge in [0.1, 0.15) is 0 Å². The van der Waals surface area contributed by atoms with Crippen molar-refractivity contribution in [1.29, 1.82) is 0 Å². The Morgan fingerprint density at radius 3 is 2.30 bits per heavy atom. The standard InChI is InChI=1S/C18H29NO4/c1-2-3-4-5-6-8-11-14-17(19(22)23)15-12-9-7-10-13-16-18(20)21/h6,8-9,12,14H,2-5,7,10-11,13,15-16H2,1H3,(H,20,21)/b8-6?,12-9-,17-14?. The molecule has 0 heterocycles. The third-order valence-corrected chi connectivity index (χ3v) is 3.37. The number of aliphatic carboxylic acids is 1. The van der Waals surface area contributed by atoms with E-state index in [9.17, 15) is 14.9 Å². The van der Waals surface area contributed by atoms with Gasteiger partial charge in [0.05, 0.1) is 11.3 Å². The van der Waals surface area contributed by atoms with E-state index in [1.165, 1.54) is 19.3 Å². The van der Waals surface area contributed by atoms with E-state index in [0.29, 0.717) is 19.3 Å². The lowest BCUT2D eigenvalue weighted by Gasteiger charge is -1.95. The van der Waals surface area contributed by atoms with Gasteiger partial charge in [-0.25, -0.2) is 0 Å². The molecule has 0 aromatic carbocycles. The number of nitro groups is 1. The van der Waals surface area contributed by atoms with Gasteiger partial charge in [0, 0.05) is 6.42 Å². The first kappa shape index (κ1) is 21.1. The number of allylic oxidation sites excluding steroid dienone is 5. The number of hydrogen-bond acceptors (Lipinski definition) is 3.